The first-order chi connectivity index (χ1) is 15.9. The number of rotatable bonds is 5. The summed E-state index contributed by atoms with van der Waals surface area (Å²) in [5.74, 6) is -4.30. The largest absolute Gasteiger partial charge is 0.435 e. The van der Waals surface area contributed by atoms with Crippen molar-refractivity contribution in [3.8, 4) is 0 Å². The van der Waals surface area contributed by atoms with E-state index in [4.69, 9.17) is 7.48 Å². The minimum Gasteiger partial charge on any atom is -0.381 e. The van der Waals surface area contributed by atoms with Gasteiger partial charge in [0.15, 0.2) is 5.69 Å². The topological polar surface area (TPSA) is 55.6 Å². The monoisotopic (exact) mass is 461 g/mol. The third kappa shape index (κ3) is 5.22. The zero-order valence-corrected chi connectivity index (χ0v) is 17.4. The number of nitrogens with one attached hydrogen (secondary N) is 1. The second kappa shape index (κ2) is 8.96. The van der Waals surface area contributed by atoms with Crippen LogP contribution in [0, 0.1) is 11.8 Å². The number of carbonyl (C=O) groups excluding carboxylic acids is 1. The molecule has 2 fully saturated rings. The van der Waals surface area contributed by atoms with Crippen LogP contribution in [0.5, 0.6) is 0 Å². The van der Waals surface area contributed by atoms with E-state index < -0.39 is 36.1 Å². The average Bonchev–Trinajstić information content (AvgIpc) is 3.13. The number of pyridine rings is 1. The summed E-state index contributed by atoms with van der Waals surface area (Å²) in [6.45, 7) is -1.23. The summed E-state index contributed by atoms with van der Waals surface area (Å²) in [7, 11) is 0. The van der Waals surface area contributed by atoms with Crippen LogP contribution in [0.3, 0.4) is 0 Å². The van der Waals surface area contributed by atoms with Crippen molar-refractivity contribution in [1.82, 2.24) is 14.7 Å². The van der Waals surface area contributed by atoms with E-state index in [-0.39, 0.29) is 54.9 Å². The fraction of sp³-hybridized carbons (Fsp3) is 0.636. The van der Waals surface area contributed by atoms with E-state index in [1.165, 1.54) is 22.7 Å². The number of halogens is 5. The van der Waals surface area contributed by atoms with Crippen LogP contribution in [0.25, 0.3) is 5.65 Å². The molecule has 176 valence electrons. The molecule has 0 spiro atoms. The summed E-state index contributed by atoms with van der Waals surface area (Å²) in [5.41, 5.74) is -1.35. The zero-order valence-electron chi connectivity index (χ0n) is 19.4. The van der Waals surface area contributed by atoms with Gasteiger partial charge in [0.05, 0.1) is 5.69 Å². The number of ether oxygens (including phenoxy) is 1. The summed E-state index contributed by atoms with van der Waals surface area (Å²) < 4.78 is 91.0. The number of alkyl halides is 5. The number of imidazole rings is 1. The predicted octanol–water partition coefficient (Wildman–Crippen LogP) is 4.88. The molecule has 1 aliphatic carbocycles. The quantitative estimate of drug-likeness (QED) is 0.646. The number of hydrogen-bond acceptors (Lipinski definition) is 3. The summed E-state index contributed by atoms with van der Waals surface area (Å²) in [4.78, 5) is 16.4. The molecule has 1 amide bonds. The van der Waals surface area contributed by atoms with E-state index in [2.05, 4.69) is 10.3 Å². The lowest BCUT2D eigenvalue weighted by atomic mass is 9.83. The van der Waals surface area contributed by atoms with Gasteiger partial charge in [-0.2, -0.15) is 13.2 Å². The Balaban J connectivity index is 1.58. The Morgan fingerprint density at radius 3 is 2.56 bits per heavy atom. The lowest BCUT2D eigenvalue weighted by molar-refractivity contribution is -0.141. The zero-order chi connectivity index (χ0) is 24.7. The molecular weight excluding hydrogens is 433 g/mol. The van der Waals surface area contributed by atoms with Gasteiger partial charge in [-0.1, -0.05) is 0 Å². The van der Waals surface area contributed by atoms with Crippen LogP contribution in [0.1, 0.15) is 63.0 Å². The Morgan fingerprint density at radius 1 is 1.22 bits per heavy atom. The first-order valence-corrected chi connectivity index (χ1v) is 10.7. The number of carbonyl (C=O) groups is 1. The SMILES string of the molecule is [2H]C([2H])(NC(=O)c1ccn2c(CC3CCC(F)(F)CC3)c(C(F)(F)F)nc2c1)C1CCOCC1. The van der Waals surface area contributed by atoms with E-state index in [9.17, 15) is 26.7 Å². The molecule has 2 aromatic heterocycles. The molecule has 1 aliphatic heterocycles. The molecule has 2 aliphatic rings. The maximum atomic E-state index is 13.7. The van der Waals surface area contributed by atoms with E-state index in [1.807, 2.05) is 0 Å². The van der Waals surface area contributed by atoms with Gasteiger partial charge in [-0.3, -0.25) is 4.79 Å². The molecule has 0 bridgehead atoms. The Hall–Kier alpha value is -2.23. The number of aromatic nitrogens is 2. The van der Waals surface area contributed by atoms with Crippen LogP contribution in [0.2, 0.25) is 0 Å². The molecule has 5 nitrogen and oxygen atoms in total. The molecule has 1 saturated carbocycles. The Bertz CT molecular complexity index is 1040. The van der Waals surface area contributed by atoms with Gasteiger partial charge in [-0.15, -0.1) is 0 Å². The number of nitrogens with zero attached hydrogens (tertiary/aromatic N) is 2. The van der Waals surface area contributed by atoms with Crippen molar-refractivity contribution in [3.63, 3.8) is 0 Å². The van der Waals surface area contributed by atoms with Crippen molar-refractivity contribution < 1.29 is 34.2 Å². The van der Waals surface area contributed by atoms with Crippen molar-refractivity contribution in [1.29, 1.82) is 0 Å². The highest BCUT2D eigenvalue weighted by atomic mass is 19.4. The molecule has 0 unspecified atom stereocenters. The third-order valence-electron chi connectivity index (χ3n) is 6.19. The van der Waals surface area contributed by atoms with Crippen LogP contribution in [-0.4, -0.2) is 40.9 Å². The van der Waals surface area contributed by atoms with E-state index in [0.717, 1.165) is 0 Å². The normalized spacial score (nSPS) is 21.9. The Labute approximate surface area is 185 Å². The van der Waals surface area contributed by atoms with E-state index in [0.29, 0.717) is 26.1 Å². The van der Waals surface area contributed by atoms with Crippen LogP contribution < -0.4 is 5.32 Å². The van der Waals surface area contributed by atoms with Gasteiger partial charge in [0.2, 0.25) is 5.92 Å². The second-order valence-corrected chi connectivity index (χ2v) is 8.54. The standard InChI is InChI=1S/C22H26F5N3O2/c23-21(24)6-1-14(2-7-21)11-17-19(22(25,26)27)29-18-12-16(3-8-30(17)18)20(31)28-13-15-4-9-32-10-5-15/h3,8,12,14-15H,1-2,4-7,9-11,13H2,(H,28,31)/i13D2. The highest BCUT2D eigenvalue weighted by Crippen LogP contribution is 2.39. The van der Waals surface area contributed by atoms with Crippen molar-refractivity contribution in [2.24, 2.45) is 11.8 Å². The molecule has 10 heteroatoms. The molecule has 2 aromatic rings. The minimum atomic E-state index is -4.75. The van der Waals surface area contributed by atoms with Gasteiger partial charge in [-0.25, -0.2) is 13.8 Å². The molecule has 32 heavy (non-hydrogen) atoms. The molecule has 3 heterocycles. The van der Waals surface area contributed by atoms with E-state index >= 15 is 0 Å². The van der Waals surface area contributed by atoms with Crippen LogP contribution >= 0.6 is 0 Å². The van der Waals surface area contributed by atoms with Gasteiger partial charge in [0, 0.05) is 47.1 Å². The number of hydrogen-bond donors (Lipinski definition) is 1. The number of fused-ring (bicyclic) bond motifs is 1. The van der Waals surface area contributed by atoms with Crippen LogP contribution in [-0.2, 0) is 17.3 Å². The van der Waals surface area contributed by atoms with Gasteiger partial charge in [0.1, 0.15) is 5.65 Å². The van der Waals surface area contributed by atoms with Crippen molar-refractivity contribution in [2.75, 3.05) is 19.7 Å². The first-order valence-electron chi connectivity index (χ1n) is 11.7. The molecule has 1 saturated heterocycles. The van der Waals surface area contributed by atoms with Gasteiger partial charge >= 0.3 is 6.18 Å². The molecule has 4 rings (SSSR count). The van der Waals surface area contributed by atoms with Gasteiger partial charge in [0.25, 0.3) is 5.91 Å². The van der Waals surface area contributed by atoms with Crippen molar-refractivity contribution in [3.05, 3.63) is 35.3 Å². The minimum absolute atomic E-state index is 0.0222. The average molecular weight is 461 g/mol. The first kappa shape index (κ1) is 20.4. The van der Waals surface area contributed by atoms with Crippen molar-refractivity contribution in [2.45, 2.75) is 57.0 Å². The number of amides is 1. The van der Waals surface area contributed by atoms with Crippen LogP contribution in [0.4, 0.5) is 22.0 Å². The van der Waals surface area contributed by atoms with E-state index in [1.54, 1.807) is 0 Å². The molecule has 1 N–H and O–H groups in total. The fourth-order valence-corrected chi connectivity index (χ4v) is 4.32. The third-order valence-corrected chi connectivity index (χ3v) is 6.19. The highest BCUT2D eigenvalue weighted by Gasteiger charge is 2.40. The maximum absolute atomic E-state index is 13.7. The molecule has 0 aromatic carbocycles. The highest BCUT2D eigenvalue weighted by molar-refractivity contribution is 5.95. The van der Waals surface area contributed by atoms with Crippen molar-refractivity contribution >= 4 is 11.6 Å². The lowest BCUT2D eigenvalue weighted by Gasteiger charge is -2.28. The predicted molar refractivity (Wildman–Crippen MR) is 107 cm³/mol. The molecular formula is C22H26F5N3O2. The lowest BCUT2D eigenvalue weighted by Crippen LogP contribution is -2.32. The van der Waals surface area contributed by atoms with Crippen LogP contribution in [0.15, 0.2) is 18.3 Å². The van der Waals surface area contributed by atoms with Gasteiger partial charge in [-0.05, 0) is 56.1 Å². The summed E-state index contributed by atoms with van der Waals surface area (Å²) in [6, 6.07) is 2.49. The summed E-state index contributed by atoms with van der Waals surface area (Å²) in [5, 5.41) is 2.34. The maximum Gasteiger partial charge on any atom is 0.435 e. The smallest absolute Gasteiger partial charge is 0.381 e. The summed E-state index contributed by atoms with van der Waals surface area (Å²) >= 11 is 0. The molecule has 0 atom stereocenters. The molecule has 0 radical (unpaired) electrons. The Kier molecular flexibility index (Phi) is 5.70. The fourth-order valence-electron chi connectivity index (χ4n) is 4.32. The Morgan fingerprint density at radius 2 is 1.91 bits per heavy atom. The van der Waals surface area contributed by atoms with Gasteiger partial charge < -0.3 is 14.5 Å². The second-order valence-electron chi connectivity index (χ2n) is 8.54. The summed E-state index contributed by atoms with van der Waals surface area (Å²) in [6.07, 6.45) is -3.07.